The third kappa shape index (κ3) is 6.10. The summed E-state index contributed by atoms with van der Waals surface area (Å²) in [5.74, 6) is 0. The van der Waals surface area contributed by atoms with E-state index in [1.165, 1.54) is 11.4 Å². The molecule has 0 radical (unpaired) electrons. The second-order valence-corrected chi connectivity index (χ2v) is 8.66. The third-order valence-corrected chi connectivity index (χ3v) is 6.08. The van der Waals surface area contributed by atoms with Gasteiger partial charge < -0.3 is 9.80 Å². The number of nitrogens with zero attached hydrogens (tertiary/aromatic N) is 4. The molecule has 0 amide bonds. The highest BCUT2D eigenvalue weighted by Crippen LogP contribution is 2.20. The van der Waals surface area contributed by atoms with Crippen LogP contribution in [0.4, 0.5) is 11.4 Å². The molecule has 0 bridgehead atoms. The molecule has 35 heavy (non-hydrogen) atoms. The van der Waals surface area contributed by atoms with Gasteiger partial charge in [-0.25, -0.2) is 4.68 Å². The molecule has 0 aliphatic heterocycles. The van der Waals surface area contributed by atoms with E-state index >= 15 is 0 Å². The smallest absolute Gasteiger partial charge is 0.0861 e. The van der Waals surface area contributed by atoms with Gasteiger partial charge in [-0.1, -0.05) is 54.6 Å². The molecule has 4 nitrogen and oxygen atoms in total. The van der Waals surface area contributed by atoms with Crippen molar-refractivity contribution >= 4 is 35.7 Å². The van der Waals surface area contributed by atoms with Gasteiger partial charge in [-0.05, 0) is 79.6 Å². The van der Waals surface area contributed by atoms with Crippen molar-refractivity contribution in [2.45, 2.75) is 13.8 Å². The van der Waals surface area contributed by atoms with E-state index in [1.54, 1.807) is 0 Å². The van der Waals surface area contributed by atoms with Crippen LogP contribution in [0.3, 0.4) is 0 Å². The SMILES string of the molecule is CCN(CC)c1ccc(C=Cc2cc(C=Cc3ccc(N(C)C)cc3)n(-c3ccccc3)n2)cc1. The number of benzene rings is 3. The van der Waals surface area contributed by atoms with Gasteiger partial charge in [0.25, 0.3) is 0 Å². The molecule has 0 saturated carbocycles. The monoisotopic (exact) mass is 462 g/mol. The molecule has 178 valence electrons. The Hall–Kier alpha value is -4.05. The van der Waals surface area contributed by atoms with Gasteiger partial charge >= 0.3 is 0 Å². The van der Waals surface area contributed by atoms with Crippen LogP contribution in [0.25, 0.3) is 30.0 Å². The number of aromatic nitrogens is 2. The average Bonchev–Trinajstić information content (AvgIpc) is 3.31. The van der Waals surface area contributed by atoms with Crippen molar-refractivity contribution in [3.63, 3.8) is 0 Å². The Labute approximate surface area is 209 Å². The molecule has 4 aromatic rings. The zero-order valence-corrected chi connectivity index (χ0v) is 21.1. The zero-order chi connectivity index (χ0) is 24.6. The van der Waals surface area contributed by atoms with Gasteiger partial charge in [0, 0.05) is 38.6 Å². The van der Waals surface area contributed by atoms with Gasteiger partial charge in [-0.15, -0.1) is 0 Å². The molecule has 0 atom stereocenters. The van der Waals surface area contributed by atoms with Crippen molar-refractivity contribution in [2.24, 2.45) is 0 Å². The molecule has 0 saturated heterocycles. The van der Waals surface area contributed by atoms with Crippen molar-refractivity contribution in [3.8, 4) is 5.69 Å². The number of hydrogen-bond acceptors (Lipinski definition) is 3. The summed E-state index contributed by atoms with van der Waals surface area (Å²) in [5.41, 5.74) is 7.75. The van der Waals surface area contributed by atoms with E-state index in [4.69, 9.17) is 5.10 Å². The maximum atomic E-state index is 4.88. The van der Waals surface area contributed by atoms with Crippen molar-refractivity contribution in [1.29, 1.82) is 0 Å². The largest absolute Gasteiger partial charge is 0.378 e. The number of rotatable bonds is 9. The molecule has 0 unspecified atom stereocenters. The van der Waals surface area contributed by atoms with Crippen LogP contribution >= 0.6 is 0 Å². The second-order valence-electron chi connectivity index (χ2n) is 8.66. The molecular formula is C31H34N4. The first-order valence-corrected chi connectivity index (χ1v) is 12.2. The first-order chi connectivity index (χ1) is 17.1. The molecule has 4 heteroatoms. The Morgan fingerprint density at radius 1 is 0.686 bits per heavy atom. The van der Waals surface area contributed by atoms with Gasteiger partial charge in [0.2, 0.25) is 0 Å². The van der Waals surface area contributed by atoms with E-state index in [1.807, 2.05) is 22.9 Å². The highest BCUT2D eigenvalue weighted by Gasteiger charge is 2.06. The fraction of sp³-hybridized carbons (Fsp3) is 0.194. The van der Waals surface area contributed by atoms with Crippen molar-refractivity contribution in [1.82, 2.24) is 9.78 Å². The summed E-state index contributed by atoms with van der Waals surface area (Å²) in [6, 6.07) is 29.6. The van der Waals surface area contributed by atoms with Crippen LogP contribution in [-0.2, 0) is 0 Å². The summed E-state index contributed by atoms with van der Waals surface area (Å²) in [5, 5.41) is 4.88. The minimum atomic E-state index is 0.921. The van der Waals surface area contributed by atoms with Crippen LogP contribution in [0.1, 0.15) is 36.4 Å². The Morgan fingerprint density at radius 3 is 1.83 bits per heavy atom. The molecule has 0 N–H and O–H groups in total. The van der Waals surface area contributed by atoms with E-state index in [-0.39, 0.29) is 0 Å². The van der Waals surface area contributed by atoms with Crippen LogP contribution in [0.2, 0.25) is 0 Å². The second kappa shape index (κ2) is 11.4. The van der Waals surface area contributed by atoms with Crippen LogP contribution in [0.5, 0.6) is 0 Å². The Balaban J connectivity index is 1.59. The van der Waals surface area contributed by atoms with Crippen LogP contribution in [-0.4, -0.2) is 37.0 Å². The van der Waals surface area contributed by atoms with E-state index in [0.29, 0.717) is 0 Å². The van der Waals surface area contributed by atoms with E-state index in [2.05, 4.69) is 129 Å². The zero-order valence-electron chi connectivity index (χ0n) is 21.1. The van der Waals surface area contributed by atoms with Gasteiger partial charge in [-0.3, -0.25) is 0 Å². The van der Waals surface area contributed by atoms with Crippen LogP contribution < -0.4 is 9.80 Å². The first kappa shape index (κ1) is 24.1. The lowest BCUT2D eigenvalue weighted by molar-refractivity contribution is 0.866. The fourth-order valence-electron chi connectivity index (χ4n) is 4.02. The molecule has 0 aliphatic carbocycles. The lowest BCUT2D eigenvalue weighted by Gasteiger charge is -2.20. The van der Waals surface area contributed by atoms with E-state index in [9.17, 15) is 0 Å². The maximum Gasteiger partial charge on any atom is 0.0861 e. The third-order valence-electron chi connectivity index (χ3n) is 6.08. The summed E-state index contributed by atoms with van der Waals surface area (Å²) in [7, 11) is 4.11. The summed E-state index contributed by atoms with van der Waals surface area (Å²) in [6.07, 6.45) is 8.46. The Bertz CT molecular complexity index is 1260. The lowest BCUT2D eigenvalue weighted by atomic mass is 10.1. The molecule has 3 aromatic carbocycles. The van der Waals surface area contributed by atoms with Crippen molar-refractivity contribution < 1.29 is 0 Å². The summed E-state index contributed by atoms with van der Waals surface area (Å²) < 4.78 is 1.99. The molecule has 0 fully saturated rings. The molecule has 1 heterocycles. The molecule has 0 spiro atoms. The topological polar surface area (TPSA) is 24.3 Å². The Kier molecular flexibility index (Phi) is 7.84. The lowest BCUT2D eigenvalue weighted by Crippen LogP contribution is -2.21. The summed E-state index contributed by atoms with van der Waals surface area (Å²) >= 11 is 0. The molecule has 0 aliphatic rings. The highest BCUT2D eigenvalue weighted by atomic mass is 15.3. The Morgan fingerprint density at radius 2 is 1.26 bits per heavy atom. The van der Waals surface area contributed by atoms with Crippen molar-refractivity contribution in [3.05, 3.63) is 107 Å². The van der Waals surface area contributed by atoms with E-state index < -0.39 is 0 Å². The molecular weight excluding hydrogens is 428 g/mol. The van der Waals surface area contributed by atoms with Crippen LogP contribution in [0, 0.1) is 0 Å². The summed E-state index contributed by atoms with van der Waals surface area (Å²) in [6.45, 7) is 6.40. The minimum absolute atomic E-state index is 0.921. The first-order valence-electron chi connectivity index (χ1n) is 12.2. The molecule has 1 aromatic heterocycles. The average molecular weight is 463 g/mol. The van der Waals surface area contributed by atoms with Crippen molar-refractivity contribution in [2.75, 3.05) is 37.0 Å². The van der Waals surface area contributed by atoms with Gasteiger partial charge in [0.05, 0.1) is 17.1 Å². The highest BCUT2D eigenvalue weighted by molar-refractivity contribution is 5.74. The van der Waals surface area contributed by atoms with E-state index in [0.717, 1.165) is 41.3 Å². The quantitative estimate of drug-likeness (QED) is 0.264. The summed E-state index contributed by atoms with van der Waals surface area (Å²) in [4.78, 5) is 4.45. The number of anilines is 2. The van der Waals surface area contributed by atoms with Gasteiger partial charge in [0.1, 0.15) is 0 Å². The number of hydrogen-bond donors (Lipinski definition) is 0. The minimum Gasteiger partial charge on any atom is -0.378 e. The predicted octanol–water partition coefficient (Wildman–Crippen LogP) is 7.13. The van der Waals surface area contributed by atoms with Crippen LogP contribution in [0.15, 0.2) is 84.9 Å². The van der Waals surface area contributed by atoms with Gasteiger partial charge in [0.15, 0.2) is 0 Å². The standard InChI is InChI=1S/C31H34N4/c1-5-34(6-2)29-21-15-25(16-22-29)12-18-27-24-31(35(32-27)30-10-8-7-9-11-30)23-17-26-13-19-28(20-14-26)33(3)4/h7-24H,5-6H2,1-4H3. The fourth-order valence-corrected chi connectivity index (χ4v) is 4.02. The maximum absolute atomic E-state index is 4.88. The normalized spacial score (nSPS) is 11.4. The van der Waals surface area contributed by atoms with Gasteiger partial charge in [-0.2, -0.15) is 5.10 Å². The number of para-hydroxylation sites is 1. The predicted molar refractivity (Wildman–Crippen MR) is 152 cm³/mol. The molecule has 4 rings (SSSR count).